The number of rotatable bonds is 3. The summed E-state index contributed by atoms with van der Waals surface area (Å²) in [6.45, 7) is 0. The lowest BCUT2D eigenvalue weighted by molar-refractivity contribution is -0.271. The van der Waals surface area contributed by atoms with Crippen molar-refractivity contribution in [1.29, 1.82) is 0 Å². The largest absolute Gasteiger partial charge is 0.407 e. The van der Waals surface area contributed by atoms with Gasteiger partial charge in [-0.1, -0.05) is 0 Å². The van der Waals surface area contributed by atoms with Gasteiger partial charge in [0.1, 0.15) is 0 Å². The smallest absolute Gasteiger partial charge is 0.383 e. The molecule has 0 saturated heterocycles. The van der Waals surface area contributed by atoms with Gasteiger partial charge in [-0.2, -0.15) is 26.3 Å². The van der Waals surface area contributed by atoms with Crippen LogP contribution in [0.5, 0.6) is 0 Å². The van der Waals surface area contributed by atoms with Crippen molar-refractivity contribution < 1.29 is 31.1 Å². The van der Waals surface area contributed by atoms with Crippen molar-refractivity contribution in [3.05, 3.63) is 12.3 Å². The van der Waals surface area contributed by atoms with Crippen LogP contribution in [0.1, 0.15) is 0 Å². The molecule has 0 saturated carbocycles. The molecule has 94 valence electrons. The number of alkyl halides is 6. The fourth-order valence-corrected chi connectivity index (χ4v) is 0.827. The fraction of sp³-hybridized carbons (Fsp3) is 0.625. The van der Waals surface area contributed by atoms with Crippen molar-refractivity contribution in [1.82, 2.24) is 4.90 Å². The van der Waals surface area contributed by atoms with Crippen LogP contribution in [0.25, 0.3) is 0 Å². The normalized spacial score (nSPS) is 13.6. The van der Waals surface area contributed by atoms with E-state index in [-0.39, 0.29) is 6.08 Å². The minimum Gasteiger partial charge on any atom is -0.383 e. The molecule has 0 aromatic rings. The Labute approximate surface area is 87.5 Å². The van der Waals surface area contributed by atoms with Gasteiger partial charge in [0, 0.05) is 20.3 Å². The molecule has 2 nitrogen and oxygen atoms in total. The van der Waals surface area contributed by atoms with Crippen LogP contribution in [-0.4, -0.2) is 37.1 Å². The van der Waals surface area contributed by atoms with Crippen LogP contribution < -0.4 is 0 Å². The number of hydrogen-bond acceptors (Lipinski definition) is 2. The van der Waals surface area contributed by atoms with Gasteiger partial charge < -0.3 is 4.90 Å². The average molecular weight is 249 g/mol. The van der Waals surface area contributed by atoms with Gasteiger partial charge in [0.2, 0.25) is 5.92 Å². The molecule has 0 aliphatic carbocycles. The first-order valence-electron chi connectivity index (χ1n) is 3.98. The second-order valence-corrected chi connectivity index (χ2v) is 3.20. The Hall–Kier alpha value is -1.21. The van der Waals surface area contributed by atoms with Gasteiger partial charge in [-0.3, -0.25) is 4.79 Å². The molecule has 0 aliphatic heterocycles. The Morgan fingerprint density at radius 3 is 1.69 bits per heavy atom. The zero-order chi connectivity index (χ0) is 13.1. The first kappa shape index (κ1) is 14.8. The summed E-state index contributed by atoms with van der Waals surface area (Å²) in [5, 5.41) is 0. The zero-order valence-electron chi connectivity index (χ0n) is 8.36. The molecular formula is C8H9F6NO. The SMILES string of the molecule is CN(C)/C=C/C(=O)C(C(F)(F)F)C(F)(F)F. The van der Waals surface area contributed by atoms with E-state index in [0.717, 1.165) is 11.1 Å². The summed E-state index contributed by atoms with van der Waals surface area (Å²) in [5.74, 6) is -6.00. The quantitative estimate of drug-likeness (QED) is 0.565. The number of carbonyl (C=O) groups excluding carboxylic acids is 1. The third-order valence-electron chi connectivity index (χ3n) is 1.48. The summed E-state index contributed by atoms with van der Waals surface area (Å²) < 4.78 is 72.0. The summed E-state index contributed by atoms with van der Waals surface area (Å²) in [6, 6.07) is 0. The second kappa shape index (κ2) is 4.75. The lowest BCUT2D eigenvalue weighted by atomic mass is 10.0. The molecule has 0 N–H and O–H groups in total. The molecule has 0 aromatic carbocycles. The molecule has 0 unspecified atom stereocenters. The molecule has 0 rings (SSSR count). The van der Waals surface area contributed by atoms with Gasteiger partial charge in [0.05, 0.1) is 0 Å². The van der Waals surface area contributed by atoms with Gasteiger partial charge in [-0.25, -0.2) is 0 Å². The lowest BCUT2D eigenvalue weighted by Crippen LogP contribution is -2.41. The Bertz CT molecular complexity index is 263. The van der Waals surface area contributed by atoms with Gasteiger partial charge in [0.25, 0.3) is 0 Å². The third kappa shape index (κ3) is 4.54. The Morgan fingerprint density at radius 1 is 1.06 bits per heavy atom. The number of nitrogens with zero attached hydrogens (tertiary/aromatic N) is 1. The molecular weight excluding hydrogens is 240 g/mol. The molecule has 16 heavy (non-hydrogen) atoms. The van der Waals surface area contributed by atoms with Crippen molar-refractivity contribution >= 4 is 5.78 Å². The summed E-state index contributed by atoms with van der Waals surface area (Å²) in [7, 11) is 2.72. The van der Waals surface area contributed by atoms with Crippen LogP contribution >= 0.6 is 0 Å². The minimum atomic E-state index is -5.63. The summed E-state index contributed by atoms with van der Waals surface area (Å²) in [4.78, 5) is 11.9. The Kier molecular flexibility index (Phi) is 4.39. The molecule has 0 aliphatic rings. The predicted molar refractivity (Wildman–Crippen MR) is 43.4 cm³/mol. The van der Waals surface area contributed by atoms with Crippen LogP contribution in [0.15, 0.2) is 12.3 Å². The van der Waals surface area contributed by atoms with Crippen LogP contribution in [0, 0.1) is 5.92 Å². The molecule has 0 radical (unpaired) electrons. The highest BCUT2D eigenvalue weighted by molar-refractivity contribution is 5.92. The average Bonchev–Trinajstić information content (AvgIpc) is 1.94. The van der Waals surface area contributed by atoms with Crippen molar-refractivity contribution in [2.45, 2.75) is 12.4 Å². The Morgan fingerprint density at radius 2 is 1.44 bits per heavy atom. The van der Waals surface area contributed by atoms with Gasteiger partial charge in [-0.15, -0.1) is 0 Å². The molecule has 0 amide bonds. The van der Waals surface area contributed by atoms with Crippen molar-refractivity contribution in [2.75, 3.05) is 14.1 Å². The Balaban J connectivity index is 5.02. The van der Waals surface area contributed by atoms with E-state index in [9.17, 15) is 31.1 Å². The first-order valence-corrected chi connectivity index (χ1v) is 3.98. The lowest BCUT2D eigenvalue weighted by Gasteiger charge is -2.20. The third-order valence-corrected chi connectivity index (χ3v) is 1.48. The highest BCUT2D eigenvalue weighted by Crippen LogP contribution is 2.39. The highest BCUT2D eigenvalue weighted by Gasteiger charge is 2.60. The van der Waals surface area contributed by atoms with Crippen molar-refractivity contribution in [2.24, 2.45) is 5.92 Å². The fourth-order valence-electron chi connectivity index (χ4n) is 0.827. The van der Waals surface area contributed by atoms with Gasteiger partial charge >= 0.3 is 12.4 Å². The predicted octanol–water partition coefficient (Wildman–Crippen LogP) is 2.37. The second-order valence-electron chi connectivity index (χ2n) is 3.20. The van der Waals surface area contributed by atoms with Crippen LogP contribution in [-0.2, 0) is 4.79 Å². The van der Waals surface area contributed by atoms with E-state index in [1.165, 1.54) is 14.1 Å². The maximum atomic E-state index is 12.0. The first-order chi connectivity index (χ1) is 6.96. The van der Waals surface area contributed by atoms with Crippen LogP contribution in [0.3, 0.4) is 0 Å². The highest BCUT2D eigenvalue weighted by atomic mass is 19.4. The standard InChI is InChI=1S/C8H9F6NO/c1-15(2)4-3-5(16)6(7(9,10)11)8(12,13)14/h3-4,6H,1-2H3/b4-3+. The monoisotopic (exact) mass is 249 g/mol. The number of allylic oxidation sites excluding steroid dienone is 1. The summed E-state index contributed by atoms with van der Waals surface area (Å²) in [5.41, 5.74) is 0. The molecule has 8 heteroatoms. The van der Waals surface area contributed by atoms with E-state index >= 15 is 0 Å². The summed E-state index contributed by atoms with van der Waals surface area (Å²) >= 11 is 0. The van der Waals surface area contributed by atoms with E-state index in [0.29, 0.717) is 0 Å². The van der Waals surface area contributed by atoms with E-state index in [4.69, 9.17) is 0 Å². The van der Waals surface area contributed by atoms with E-state index in [1.807, 2.05) is 0 Å². The molecule has 0 spiro atoms. The van der Waals surface area contributed by atoms with Crippen LogP contribution in [0.4, 0.5) is 26.3 Å². The van der Waals surface area contributed by atoms with E-state index in [2.05, 4.69) is 0 Å². The van der Waals surface area contributed by atoms with E-state index in [1.54, 1.807) is 0 Å². The number of halogens is 6. The number of hydrogen-bond donors (Lipinski definition) is 0. The maximum absolute atomic E-state index is 12.0. The molecule has 0 fully saturated rings. The molecule has 0 heterocycles. The maximum Gasteiger partial charge on any atom is 0.407 e. The summed E-state index contributed by atoms with van der Waals surface area (Å²) in [6.07, 6.45) is -10.2. The number of carbonyl (C=O) groups is 1. The van der Waals surface area contributed by atoms with Gasteiger partial charge in [-0.05, 0) is 6.08 Å². The number of ketones is 1. The topological polar surface area (TPSA) is 20.3 Å². The van der Waals surface area contributed by atoms with Crippen molar-refractivity contribution in [3.8, 4) is 0 Å². The molecule has 0 bridgehead atoms. The van der Waals surface area contributed by atoms with Crippen LogP contribution in [0.2, 0.25) is 0 Å². The zero-order valence-corrected chi connectivity index (χ0v) is 8.36. The van der Waals surface area contributed by atoms with E-state index < -0.39 is 24.1 Å². The molecule has 0 aromatic heterocycles. The minimum absolute atomic E-state index is 0.256. The van der Waals surface area contributed by atoms with Gasteiger partial charge in [0.15, 0.2) is 5.78 Å². The molecule has 0 atom stereocenters. The van der Waals surface area contributed by atoms with Crippen molar-refractivity contribution in [3.63, 3.8) is 0 Å².